The van der Waals surface area contributed by atoms with Crippen LogP contribution in [0.5, 0.6) is 0 Å². The number of benzene rings is 1. The van der Waals surface area contributed by atoms with E-state index in [4.69, 9.17) is 0 Å². The highest BCUT2D eigenvalue weighted by atomic mass is 19.1. The Morgan fingerprint density at radius 2 is 1.88 bits per heavy atom. The molecule has 2 rings (SSSR count). The lowest BCUT2D eigenvalue weighted by molar-refractivity contribution is 0.0597. The molecule has 1 radical (unpaired) electrons. The zero-order valence-corrected chi connectivity index (χ0v) is 9.82. The van der Waals surface area contributed by atoms with Crippen LogP contribution in [0.3, 0.4) is 0 Å². The Morgan fingerprint density at radius 3 is 2.44 bits per heavy atom. The molecule has 1 fully saturated rings. The molecule has 1 aliphatic rings. The fourth-order valence-corrected chi connectivity index (χ4v) is 2.37. The van der Waals surface area contributed by atoms with Gasteiger partial charge in [-0.05, 0) is 24.8 Å². The van der Waals surface area contributed by atoms with Crippen molar-refractivity contribution in [1.29, 1.82) is 0 Å². The molecule has 0 aliphatic carbocycles. The standard InChI is InChI=1S/C14H19FN/c1-2-10-16-11-8-14(15,9-12-16)13-6-4-3-5-7-13/h2-7H,8-12H2,1H3. The van der Waals surface area contributed by atoms with Gasteiger partial charge in [0.2, 0.25) is 0 Å². The summed E-state index contributed by atoms with van der Waals surface area (Å²) in [6.07, 6.45) is 3.36. The van der Waals surface area contributed by atoms with E-state index in [9.17, 15) is 4.39 Å². The van der Waals surface area contributed by atoms with E-state index in [0.717, 1.165) is 25.2 Å². The molecule has 87 valence electrons. The maximum absolute atomic E-state index is 14.7. The quantitative estimate of drug-likeness (QED) is 0.756. The third-order valence-corrected chi connectivity index (χ3v) is 3.38. The molecule has 1 aromatic carbocycles. The van der Waals surface area contributed by atoms with Crippen molar-refractivity contribution >= 4 is 0 Å². The van der Waals surface area contributed by atoms with Crippen molar-refractivity contribution in [3.05, 3.63) is 42.3 Å². The summed E-state index contributed by atoms with van der Waals surface area (Å²) in [5.74, 6) is 0. The zero-order valence-electron chi connectivity index (χ0n) is 9.82. The minimum atomic E-state index is -1.11. The number of rotatable bonds is 3. The van der Waals surface area contributed by atoms with Gasteiger partial charge in [-0.3, -0.25) is 0 Å². The molecule has 1 saturated heterocycles. The molecule has 1 heterocycles. The average Bonchev–Trinajstić information content (AvgIpc) is 2.34. The summed E-state index contributed by atoms with van der Waals surface area (Å²) >= 11 is 0. The van der Waals surface area contributed by atoms with Gasteiger partial charge in [-0.1, -0.05) is 37.3 Å². The number of likely N-dealkylation sites (tertiary alicyclic amines) is 1. The Hall–Kier alpha value is -0.890. The smallest absolute Gasteiger partial charge is 0.138 e. The maximum atomic E-state index is 14.7. The van der Waals surface area contributed by atoms with E-state index < -0.39 is 5.67 Å². The van der Waals surface area contributed by atoms with E-state index in [0.29, 0.717) is 12.8 Å². The second-order valence-corrected chi connectivity index (χ2v) is 4.54. The molecule has 0 N–H and O–H groups in total. The van der Waals surface area contributed by atoms with Crippen LogP contribution in [0.4, 0.5) is 4.39 Å². The third-order valence-electron chi connectivity index (χ3n) is 3.38. The molecule has 0 bridgehead atoms. The van der Waals surface area contributed by atoms with Gasteiger partial charge < -0.3 is 4.90 Å². The van der Waals surface area contributed by atoms with E-state index >= 15 is 0 Å². The first-order valence-electron chi connectivity index (χ1n) is 5.99. The van der Waals surface area contributed by atoms with Crippen molar-refractivity contribution in [2.75, 3.05) is 19.6 Å². The van der Waals surface area contributed by atoms with Gasteiger partial charge in [-0.2, -0.15) is 0 Å². The fourth-order valence-electron chi connectivity index (χ4n) is 2.37. The minimum absolute atomic E-state index is 0.616. The monoisotopic (exact) mass is 220 g/mol. The minimum Gasteiger partial charge on any atom is -0.303 e. The van der Waals surface area contributed by atoms with Crippen LogP contribution in [0.15, 0.2) is 30.3 Å². The molecule has 1 nitrogen and oxygen atoms in total. The Bertz CT molecular complexity index is 315. The third kappa shape index (κ3) is 2.43. The molecule has 0 unspecified atom stereocenters. The summed E-state index contributed by atoms with van der Waals surface area (Å²) in [6, 6.07) is 9.59. The first-order valence-corrected chi connectivity index (χ1v) is 5.99. The molecular formula is C14H19FN. The van der Waals surface area contributed by atoms with Gasteiger partial charge in [0.05, 0.1) is 0 Å². The Labute approximate surface area is 97.3 Å². The number of piperidine rings is 1. The van der Waals surface area contributed by atoms with Crippen LogP contribution >= 0.6 is 0 Å². The number of nitrogens with zero attached hydrogens (tertiary/aromatic N) is 1. The van der Waals surface area contributed by atoms with Crippen molar-refractivity contribution in [3.8, 4) is 0 Å². The maximum Gasteiger partial charge on any atom is 0.138 e. The van der Waals surface area contributed by atoms with Crippen LogP contribution in [-0.2, 0) is 5.67 Å². The van der Waals surface area contributed by atoms with Gasteiger partial charge in [0.1, 0.15) is 5.67 Å². The molecule has 0 spiro atoms. The second-order valence-electron chi connectivity index (χ2n) is 4.54. The summed E-state index contributed by atoms with van der Waals surface area (Å²) in [5.41, 5.74) is -0.263. The average molecular weight is 220 g/mol. The zero-order chi connectivity index (χ0) is 11.4. The van der Waals surface area contributed by atoms with E-state index in [1.54, 1.807) is 0 Å². The molecule has 16 heavy (non-hydrogen) atoms. The molecule has 1 aromatic rings. The molecular weight excluding hydrogens is 201 g/mol. The Kier molecular flexibility index (Phi) is 3.59. The van der Waals surface area contributed by atoms with Gasteiger partial charge in [0, 0.05) is 19.6 Å². The highest BCUT2D eigenvalue weighted by Crippen LogP contribution is 2.36. The highest BCUT2D eigenvalue weighted by Gasteiger charge is 2.35. The summed E-state index contributed by atoms with van der Waals surface area (Å²) in [5, 5.41) is 0. The molecule has 0 saturated carbocycles. The second kappa shape index (κ2) is 4.96. The molecule has 0 amide bonds. The van der Waals surface area contributed by atoms with Crippen molar-refractivity contribution in [2.45, 2.75) is 25.4 Å². The molecule has 0 aromatic heterocycles. The Balaban J connectivity index is 2.01. The topological polar surface area (TPSA) is 3.24 Å². The summed E-state index contributed by atoms with van der Waals surface area (Å²) in [6.45, 7) is 4.74. The van der Waals surface area contributed by atoms with E-state index in [-0.39, 0.29) is 0 Å². The number of hydrogen-bond acceptors (Lipinski definition) is 1. The van der Waals surface area contributed by atoms with Gasteiger partial charge >= 0.3 is 0 Å². The van der Waals surface area contributed by atoms with E-state index in [1.165, 1.54) is 0 Å². The number of halogens is 1. The van der Waals surface area contributed by atoms with Crippen LogP contribution in [0, 0.1) is 6.42 Å². The van der Waals surface area contributed by atoms with Crippen molar-refractivity contribution in [3.63, 3.8) is 0 Å². The van der Waals surface area contributed by atoms with Crippen LogP contribution in [0.25, 0.3) is 0 Å². The van der Waals surface area contributed by atoms with Gasteiger partial charge in [-0.15, -0.1) is 0 Å². The molecule has 0 atom stereocenters. The van der Waals surface area contributed by atoms with Crippen LogP contribution in [-0.4, -0.2) is 24.5 Å². The first-order chi connectivity index (χ1) is 7.74. The lowest BCUT2D eigenvalue weighted by atomic mass is 9.86. The SMILES string of the molecule is C[CH]CN1CCC(F)(c2ccccc2)CC1. The van der Waals surface area contributed by atoms with Gasteiger partial charge in [0.25, 0.3) is 0 Å². The first kappa shape index (κ1) is 11.6. The lowest BCUT2D eigenvalue weighted by Crippen LogP contribution is -2.40. The molecule has 2 heteroatoms. The predicted molar refractivity (Wildman–Crippen MR) is 64.9 cm³/mol. The largest absolute Gasteiger partial charge is 0.303 e. The molecule has 1 aliphatic heterocycles. The number of hydrogen-bond donors (Lipinski definition) is 0. The van der Waals surface area contributed by atoms with Crippen LogP contribution in [0.1, 0.15) is 25.3 Å². The van der Waals surface area contributed by atoms with E-state index in [2.05, 4.69) is 18.2 Å². The normalized spacial score (nSPS) is 20.9. The number of alkyl halides is 1. The van der Waals surface area contributed by atoms with Crippen LogP contribution < -0.4 is 0 Å². The van der Waals surface area contributed by atoms with Crippen molar-refractivity contribution in [1.82, 2.24) is 4.90 Å². The fraction of sp³-hybridized carbons (Fsp3) is 0.500. The van der Waals surface area contributed by atoms with Gasteiger partial charge in [-0.25, -0.2) is 4.39 Å². The summed E-state index contributed by atoms with van der Waals surface area (Å²) < 4.78 is 14.7. The Morgan fingerprint density at radius 1 is 1.25 bits per heavy atom. The lowest BCUT2D eigenvalue weighted by Gasteiger charge is -2.36. The van der Waals surface area contributed by atoms with Gasteiger partial charge in [0.15, 0.2) is 0 Å². The van der Waals surface area contributed by atoms with E-state index in [1.807, 2.05) is 30.3 Å². The summed E-state index contributed by atoms with van der Waals surface area (Å²) in [7, 11) is 0. The van der Waals surface area contributed by atoms with Crippen molar-refractivity contribution < 1.29 is 4.39 Å². The van der Waals surface area contributed by atoms with Crippen LogP contribution in [0.2, 0.25) is 0 Å². The summed E-state index contributed by atoms with van der Waals surface area (Å²) in [4.78, 5) is 2.31. The van der Waals surface area contributed by atoms with Crippen molar-refractivity contribution in [2.24, 2.45) is 0 Å². The highest BCUT2D eigenvalue weighted by molar-refractivity contribution is 5.23. The predicted octanol–water partition coefficient (Wildman–Crippen LogP) is 3.17.